The highest BCUT2D eigenvalue weighted by Crippen LogP contribution is 2.27. The lowest BCUT2D eigenvalue weighted by atomic mass is 10.0. The molecular formula is C11H13ClO2. The normalized spacial score (nSPS) is 9.93. The van der Waals surface area contributed by atoms with Crippen molar-refractivity contribution in [3.8, 4) is 5.75 Å². The van der Waals surface area contributed by atoms with E-state index in [1.54, 1.807) is 13.2 Å². The summed E-state index contributed by atoms with van der Waals surface area (Å²) in [7, 11) is 1.61. The van der Waals surface area contributed by atoms with Crippen LogP contribution in [0.1, 0.15) is 17.5 Å². The van der Waals surface area contributed by atoms with E-state index in [1.807, 2.05) is 13.0 Å². The van der Waals surface area contributed by atoms with Crippen LogP contribution in [-0.2, 0) is 11.2 Å². The largest absolute Gasteiger partial charge is 0.496 e. The minimum atomic E-state index is 0.518. The van der Waals surface area contributed by atoms with Gasteiger partial charge >= 0.3 is 0 Å². The summed E-state index contributed by atoms with van der Waals surface area (Å²) < 4.78 is 5.17. The van der Waals surface area contributed by atoms with Gasteiger partial charge in [-0.3, -0.25) is 0 Å². The van der Waals surface area contributed by atoms with Gasteiger partial charge in [0.25, 0.3) is 0 Å². The van der Waals surface area contributed by atoms with Crippen molar-refractivity contribution in [1.29, 1.82) is 0 Å². The van der Waals surface area contributed by atoms with Gasteiger partial charge in [0.05, 0.1) is 7.11 Å². The van der Waals surface area contributed by atoms with Crippen LogP contribution >= 0.6 is 11.6 Å². The van der Waals surface area contributed by atoms with Crippen molar-refractivity contribution in [1.82, 2.24) is 0 Å². The Balaban J connectivity index is 3.02. The number of carbonyl (C=O) groups excluding carboxylic acids is 1. The molecule has 0 aliphatic carbocycles. The monoisotopic (exact) mass is 212 g/mol. The Labute approximate surface area is 88.8 Å². The first-order chi connectivity index (χ1) is 6.69. The van der Waals surface area contributed by atoms with Crippen LogP contribution in [0.5, 0.6) is 5.75 Å². The molecule has 0 spiro atoms. The highest BCUT2D eigenvalue weighted by atomic mass is 35.5. The Bertz CT molecular complexity index is 334. The van der Waals surface area contributed by atoms with Crippen LogP contribution in [0.4, 0.5) is 0 Å². The highest BCUT2D eigenvalue weighted by molar-refractivity contribution is 6.30. The SMILES string of the molecule is COc1cc(Cl)cc(CCC=O)c1C. The Morgan fingerprint density at radius 1 is 1.50 bits per heavy atom. The summed E-state index contributed by atoms with van der Waals surface area (Å²) in [6, 6.07) is 3.66. The Morgan fingerprint density at radius 3 is 2.79 bits per heavy atom. The van der Waals surface area contributed by atoms with Crippen LogP contribution < -0.4 is 4.74 Å². The predicted octanol–water partition coefficient (Wildman–Crippen LogP) is 2.79. The summed E-state index contributed by atoms with van der Waals surface area (Å²) >= 11 is 5.91. The molecule has 0 unspecified atom stereocenters. The first kappa shape index (κ1) is 11.1. The van der Waals surface area contributed by atoms with Gasteiger partial charge in [-0.1, -0.05) is 11.6 Å². The van der Waals surface area contributed by atoms with Crippen molar-refractivity contribution in [3.63, 3.8) is 0 Å². The zero-order valence-electron chi connectivity index (χ0n) is 8.34. The molecule has 1 aromatic rings. The topological polar surface area (TPSA) is 26.3 Å². The van der Waals surface area contributed by atoms with E-state index in [4.69, 9.17) is 16.3 Å². The number of carbonyl (C=O) groups is 1. The molecule has 0 aliphatic rings. The van der Waals surface area contributed by atoms with E-state index in [0.29, 0.717) is 17.9 Å². The number of hydrogen-bond acceptors (Lipinski definition) is 2. The van der Waals surface area contributed by atoms with Gasteiger partial charge in [0, 0.05) is 11.4 Å². The second kappa shape index (κ2) is 5.01. The molecule has 0 N–H and O–H groups in total. The molecule has 14 heavy (non-hydrogen) atoms. The van der Waals surface area contributed by atoms with Crippen molar-refractivity contribution < 1.29 is 9.53 Å². The molecule has 0 bridgehead atoms. The second-order valence-electron chi connectivity index (χ2n) is 3.10. The molecule has 2 nitrogen and oxygen atoms in total. The molecule has 0 saturated carbocycles. The quantitative estimate of drug-likeness (QED) is 0.718. The molecule has 0 radical (unpaired) electrons. The van der Waals surface area contributed by atoms with Gasteiger partial charge in [0.15, 0.2) is 0 Å². The van der Waals surface area contributed by atoms with E-state index in [2.05, 4.69) is 0 Å². The van der Waals surface area contributed by atoms with Gasteiger partial charge in [0.1, 0.15) is 12.0 Å². The summed E-state index contributed by atoms with van der Waals surface area (Å²) in [6.07, 6.45) is 2.14. The van der Waals surface area contributed by atoms with E-state index < -0.39 is 0 Å². The summed E-state index contributed by atoms with van der Waals surface area (Å²) in [5, 5.41) is 0.647. The minimum Gasteiger partial charge on any atom is -0.496 e. The number of benzene rings is 1. The molecule has 76 valence electrons. The maximum atomic E-state index is 10.3. The van der Waals surface area contributed by atoms with Gasteiger partial charge in [-0.05, 0) is 36.6 Å². The second-order valence-corrected chi connectivity index (χ2v) is 3.53. The predicted molar refractivity (Wildman–Crippen MR) is 57.1 cm³/mol. The molecule has 0 heterocycles. The van der Waals surface area contributed by atoms with Crippen LogP contribution in [0.25, 0.3) is 0 Å². The highest BCUT2D eigenvalue weighted by Gasteiger charge is 2.06. The summed E-state index contributed by atoms with van der Waals surface area (Å²) in [5.41, 5.74) is 2.13. The number of halogens is 1. The van der Waals surface area contributed by atoms with Gasteiger partial charge in [-0.25, -0.2) is 0 Å². The molecule has 1 rings (SSSR count). The lowest BCUT2D eigenvalue weighted by molar-refractivity contribution is -0.107. The van der Waals surface area contributed by atoms with Gasteiger partial charge in [0.2, 0.25) is 0 Å². The fraction of sp³-hybridized carbons (Fsp3) is 0.364. The zero-order chi connectivity index (χ0) is 10.6. The van der Waals surface area contributed by atoms with Crippen LogP contribution in [0, 0.1) is 6.92 Å². The zero-order valence-corrected chi connectivity index (χ0v) is 9.10. The number of aryl methyl sites for hydroxylation is 1. The summed E-state index contributed by atoms with van der Waals surface area (Å²) in [6.45, 7) is 1.97. The van der Waals surface area contributed by atoms with Gasteiger partial charge in [-0.2, -0.15) is 0 Å². The average Bonchev–Trinajstić information content (AvgIpc) is 2.18. The molecule has 0 aromatic heterocycles. The lowest BCUT2D eigenvalue weighted by Crippen LogP contribution is -1.95. The fourth-order valence-electron chi connectivity index (χ4n) is 1.39. The van der Waals surface area contributed by atoms with Crippen molar-refractivity contribution >= 4 is 17.9 Å². The van der Waals surface area contributed by atoms with Crippen molar-refractivity contribution in [3.05, 3.63) is 28.3 Å². The third-order valence-corrected chi connectivity index (χ3v) is 2.40. The van der Waals surface area contributed by atoms with Crippen LogP contribution in [0.2, 0.25) is 5.02 Å². The summed E-state index contributed by atoms with van der Waals surface area (Å²) in [5.74, 6) is 0.776. The third-order valence-electron chi connectivity index (χ3n) is 2.18. The van der Waals surface area contributed by atoms with E-state index >= 15 is 0 Å². The molecular weight excluding hydrogens is 200 g/mol. The first-order valence-corrected chi connectivity index (χ1v) is 4.83. The number of rotatable bonds is 4. The molecule has 0 atom stereocenters. The molecule has 0 aliphatic heterocycles. The van der Waals surface area contributed by atoms with E-state index in [0.717, 1.165) is 23.2 Å². The fourth-order valence-corrected chi connectivity index (χ4v) is 1.63. The smallest absolute Gasteiger partial charge is 0.123 e. The number of hydrogen-bond donors (Lipinski definition) is 0. The van der Waals surface area contributed by atoms with Crippen LogP contribution in [-0.4, -0.2) is 13.4 Å². The lowest BCUT2D eigenvalue weighted by Gasteiger charge is -2.10. The Hall–Kier alpha value is -1.02. The maximum absolute atomic E-state index is 10.3. The maximum Gasteiger partial charge on any atom is 0.123 e. The molecule has 3 heteroatoms. The minimum absolute atomic E-state index is 0.518. The van der Waals surface area contributed by atoms with Crippen LogP contribution in [0.3, 0.4) is 0 Å². The third kappa shape index (κ3) is 2.48. The Kier molecular flexibility index (Phi) is 3.96. The van der Waals surface area contributed by atoms with E-state index in [9.17, 15) is 4.79 Å². The number of methoxy groups -OCH3 is 1. The Morgan fingerprint density at radius 2 is 2.21 bits per heavy atom. The molecule has 0 amide bonds. The first-order valence-electron chi connectivity index (χ1n) is 4.45. The van der Waals surface area contributed by atoms with E-state index in [-0.39, 0.29) is 0 Å². The van der Waals surface area contributed by atoms with Crippen LogP contribution in [0.15, 0.2) is 12.1 Å². The van der Waals surface area contributed by atoms with E-state index in [1.165, 1.54) is 0 Å². The molecule has 1 aromatic carbocycles. The van der Waals surface area contributed by atoms with Crippen molar-refractivity contribution in [2.24, 2.45) is 0 Å². The van der Waals surface area contributed by atoms with Crippen molar-refractivity contribution in [2.75, 3.05) is 7.11 Å². The van der Waals surface area contributed by atoms with Crippen molar-refractivity contribution in [2.45, 2.75) is 19.8 Å². The van der Waals surface area contributed by atoms with Gasteiger partial charge in [-0.15, -0.1) is 0 Å². The number of ether oxygens (including phenoxy) is 1. The molecule has 0 saturated heterocycles. The molecule has 0 fully saturated rings. The standard InChI is InChI=1S/C11H13ClO2/c1-8-9(4-3-5-13)6-10(12)7-11(8)14-2/h5-7H,3-4H2,1-2H3. The average molecular weight is 213 g/mol. The number of aldehydes is 1. The van der Waals surface area contributed by atoms with Gasteiger partial charge < -0.3 is 9.53 Å². The summed E-state index contributed by atoms with van der Waals surface area (Å²) in [4.78, 5) is 10.3.